The molecule has 1 fully saturated rings. The van der Waals surface area contributed by atoms with Gasteiger partial charge in [0.1, 0.15) is 0 Å². The Kier molecular flexibility index (Phi) is 6.43. The zero-order chi connectivity index (χ0) is 20.2. The van der Waals surface area contributed by atoms with Crippen LogP contribution in [-0.2, 0) is 21.1 Å². The maximum Gasteiger partial charge on any atom is 0.242 e. The van der Waals surface area contributed by atoms with Crippen LogP contribution in [0.25, 0.3) is 0 Å². The molecular formula is C21H24ClNO4S. The summed E-state index contributed by atoms with van der Waals surface area (Å²) in [4.78, 5) is 13.3. The number of rotatable bonds is 7. The van der Waals surface area contributed by atoms with Gasteiger partial charge in [-0.15, -0.1) is 0 Å². The molecule has 0 heterocycles. The lowest BCUT2D eigenvalue weighted by molar-refractivity contribution is -0.124. The fourth-order valence-electron chi connectivity index (χ4n) is 3.78. The van der Waals surface area contributed by atoms with Gasteiger partial charge in [0.05, 0.1) is 17.5 Å². The van der Waals surface area contributed by atoms with Crippen LogP contribution in [0.1, 0.15) is 31.2 Å². The van der Waals surface area contributed by atoms with Gasteiger partial charge >= 0.3 is 0 Å². The van der Waals surface area contributed by atoms with Crippen molar-refractivity contribution >= 4 is 27.3 Å². The van der Waals surface area contributed by atoms with Crippen molar-refractivity contribution in [2.24, 2.45) is 0 Å². The van der Waals surface area contributed by atoms with Gasteiger partial charge in [-0.25, -0.2) is 8.42 Å². The normalized spacial score (nSPS) is 17.2. The quantitative estimate of drug-likeness (QED) is 0.719. The third kappa shape index (κ3) is 4.09. The van der Waals surface area contributed by atoms with E-state index in [-0.39, 0.29) is 24.3 Å². The molecule has 1 amide bonds. The van der Waals surface area contributed by atoms with E-state index >= 15 is 0 Å². The number of amides is 1. The highest BCUT2D eigenvalue weighted by atomic mass is 35.5. The van der Waals surface area contributed by atoms with E-state index in [1.165, 1.54) is 24.3 Å². The Balaban J connectivity index is 1.86. The number of carbonyl (C=O) groups excluding carboxylic acids is 1. The Hall–Kier alpha value is -1.89. The molecule has 3 rings (SSSR count). The van der Waals surface area contributed by atoms with Crippen LogP contribution in [0.15, 0.2) is 59.5 Å². The number of benzene rings is 2. The molecule has 0 spiro atoms. The Morgan fingerprint density at radius 1 is 1.07 bits per heavy atom. The Morgan fingerprint density at radius 2 is 1.68 bits per heavy atom. The fraction of sp³-hybridized carbons (Fsp3) is 0.381. The second-order valence-corrected chi connectivity index (χ2v) is 9.90. The van der Waals surface area contributed by atoms with E-state index in [1.54, 1.807) is 0 Å². The molecule has 150 valence electrons. The lowest BCUT2D eigenvalue weighted by Crippen LogP contribution is -2.54. The maximum absolute atomic E-state index is 13.4. The van der Waals surface area contributed by atoms with E-state index in [0.29, 0.717) is 24.3 Å². The SMILES string of the molecule is O=C(N[C@H](CO)Cc1ccccc1)C1(S(=O)(=O)c2ccc(Cl)cc2)CCCC1. The summed E-state index contributed by atoms with van der Waals surface area (Å²) in [6, 6.07) is 14.8. The van der Waals surface area contributed by atoms with Gasteiger partial charge in [-0.3, -0.25) is 4.79 Å². The average molecular weight is 422 g/mol. The van der Waals surface area contributed by atoms with Gasteiger partial charge in [0.15, 0.2) is 14.6 Å². The Morgan fingerprint density at radius 3 is 2.25 bits per heavy atom. The molecule has 5 nitrogen and oxygen atoms in total. The number of hydrogen-bond donors (Lipinski definition) is 2. The highest BCUT2D eigenvalue weighted by Crippen LogP contribution is 2.41. The van der Waals surface area contributed by atoms with Crippen LogP contribution < -0.4 is 5.32 Å². The van der Waals surface area contributed by atoms with E-state index in [2.05, 4.69) is 5.32 Å². The number of halogens is 1. The minimum atomic E-state index is -3.90. The summed E-state index contributed by atoms with van der Waals surface area (Å²) in [5, 5.41) is 13.0. The van der Waals surface area contributed by atoms with Crippen LogP contribution in [0.4, 0.5) is 0 Å². The summed E-state index contributed by atoms with van der Waals surface area (Å²) >= 11 is 5.88. The minimum absolute atomic E-state index is 0.0950. The topological polar surface area (TPSA) is 83.5 Å². The van der Waals surface area contributed by atoms with Crippen LogP contribution in [-0.4, -0.2) is 36.8 Å². The second kappa shape index (κ2) is 8.64. The molecule has 2 aromatic carbocycles. The fourth-order valence-corrected chi connectivity index (χ4v) is 5.98. The molecule has 0 aromatic heterocycles. The predicted molar refractivity (Wildman–Crippen MR) is 109 cm³/mol. The van der Waals surface area contributed by atoms with Crippen molar-refractivity contribution < 1.29 is 18.3 Å². The molecule has 7 heteroatoms. The standard InChI is InChI=1S/C21H24ClNO4S/c22-17-8-10-19(11-9-17)28(26,27)21(12-4-5-13-21)20(25)23-18(15-24)14-16-6-2-1-3-7-16/h1-3,6-11,18,24H,4-5,12-15H2,(H,23,25)/t18-/m0/s1. The van der Waals surface area contributed by atoms with Crippen molar-refractivity contribution in [1.29, 1.82) is 0 Å². The summed E-state index contributed by atoms with van der Waals surface area (Å²) < 4.78 is 25.2. The summed E-state index contributed by atoms with van der Waals surface area (Å²) in [5.74, 6) is -0.532. The number of aliphatic hydroxyl groups is 1. The first-order valence-corrected chi connectivity index (χ1v) is 11.2. The zero-order valence-electron chi connectivity index (χ0n) is 15.5. The van der Waals surface area contributed by atoms with Gasteiger partial charge in [-0.05, 0) is 49.1 Å². The smallest absolute Gasteiger partial charge is 0.242 e. The lowest BCUT2D eigenvalue weighted by Gasteiger charge is -2.30. The van der Waals surface area contributed by atoms with E-state index in [0.717, 1.165) is 5.56 Å². The van der Waals surface area contributed by atoms with E-state index < -0.39 is 26.5 Å². The summed E-state index contributed by atoms with van der Waals surface area (Å²) in [5.41, 5.74) is 0.961. The molecule has 1 atom stereocenters. The molecule has 0 aliphatic heterocycles. The first kappa shape index (κ1) is 20.8. The molecule has 0 bridgehead atoms. The van der Waals surface area contributed by atoms with E-state index in [4.69, 9.17) is 11.6 Å². The van der Waals surface area contributed by atoms with E-state index in [9.17, 15) is 18.3 Å². The van der Waals surface area contributed by atoms with Crippen molar-refractivity contribution in [3.05, 3.63) is 65.2 Å². The van der Waals surface area contributed by atoms with Crippen LogP contribution in [0, 0.1) is 0 Å². The third-order valence-electron chi connectivity index (χ3n) is 5.34. The van der Waals surface area contributed by atoms with Gasteiger partial charge < -0.3 is 10.4 Å². The molecular weight excluding hydrogens is 398 g/mol. The predicted octanol–water partition coefficient (Wildman–Crippen LogP) is 3.15. The van der Waals surface area contributed by atoms with Crippen molar-refractivity contribution in [2.75, 3.05) is 6.61 Å². The molecule has 0 unspecified atom stereocenters. The van der Waals surface area contributed by atoms with Crippen molar-refractivity contribution in [1.82, 2.24) is 5.32 Å². The van der Waals surface area contributed by atoms with Gasteiger partial charge in [-0.2, -0.15) is 0 Å². The van der Waals surface area contributed by atoms with Crippen molar-refractivity contribution in [2.45, 2.75) is 47.8 Å². The third-order valence-corrected chi connectivity index (χ3v) is 8.11. The molecule has 1 saturated carbocycles. The first-order chi connectivity index (χ1) is 13.4. The van der Waals surface area contributed by atoms with Crippen LogP contribution in [0.5, 0.6) is 0 Å². The molecule has 0 radical (unpaired) electrons. The maximum atomic E-state index is 13.4. The number of nitrogens with one attached hydrogen (secondary N) is 1. The summed E-state index contributed by atoms with van der Waals surface area (Å²) in [6.45, 7) is -0.266. The van der Waals surface area contributed by atoms with Gasteiger partial charge in [0, 0.05) is 5.02 Å². The number of carbonyl (C=O) groups is 1. The molecule has 2 aromatic rings. The first-order valence-electron chi connectivity index (χ1n) is 9.35. The second-order valence-electron chi connectivity index (χ2n) is 7.20. The number of aliphatic hydroxyl groups excluding tert-OH is 1. The summed E-state index contributed by atoms with van der Waals surface area (Å²) in [6.07, 6.45) is 2.31. The Bertz CT molecular complexity index is 907. The zero-order valence-corrected chi connectivity index (χ0v) is 17.0. The Labute approximate surface area is 170 Å². The summed E-state index contributed by atoms with van der Waals surface area (Å²) in [7, 11) is -3.90. The van der Waals surface area contributed by atoms with Gasteiger partial charge in [-0.1, -0.05) is 54.8 Å². The number of hydrogen-bond acceptors (Lipinski definition) is 4. The molecule has 2 N–H and O–H groups in total. The highest BCUT2D eigenvalue weighted by molar-refractivity contribution is 7.93. The molecule has 0 saturated heterocycles. The van der Waals surface area contributed by atoms with Crippen molar-refractivity contribution in [3.63, 3.8) is 0 Å². The average Bonchev–Trinajstić information content (AvgIpc) is 3.20. The highest BCUT2D eigenvalue weighted by Gasteiger charge is 2.53. The lowest BCUT2D eigenvalue weighted by atomic mass is 10.0. The molecule has 1 aliphatic rings. The number of sulfone groups is 1. The minimum Gasteiger partial charge on any atom is -0.394 e. The monoisotopic (exact) mass is 421 g/mol. The molecule has 1 aliphatic carbocycles. The van der Waals surface area contributed by atoms with Crippen LogP contribution >= 0.6 is 11.6 Å². The van der Waals surface area contributed by atoms with Crippen molar-refractivity contribution in [3.8, 4) is 0 Å². The van der Waals surface area contributed by atoms with Crippen LogP contribution in [0.2, 0.25) is 5.02 Å². The largest absolute Gasteiger partial charge is 0.394 e. The van der Waals surface area contributed by atoms with Crippen LogP contribution in [0.3, 0.4) is 0 Å². The van der Waals surface area contributed by atoms with Gasteiger partial charge in [0.25, 0.3) is 0 Å². The van der Waals surface area contributed by atoms with Gasteiger partial charge in [0.2, 0.25) is 5.91 Å². The van der Waals surface area contributed by atoms with E-state index in [1.807, 2.05) is 30.3 Å². The molecule has 28 heavy (non-hydrogen) atoms.